The van der Waals surface area contributed by atoms with E-state index in [0.717, 1.165) is 16.6 Å². The molecule has 0 saturated heterocycles. The van der Waals surface area contributed by atoms with Gasteiger partial charge in [0.05, 0.1) is 11.4 Å². The van der Waals surface area contributed by atoms with E-state index >= 15 is 0 Å². The highest BCUT2D eigenvalue weighted by Gasteiger charge is 2.21. The van der Waals surface area contributed by atoms with Crippen LogP contribution in [0.4, 0.5) is 5.82 Å². The van der Waals surface area contributed by atoms with Gasteiger partial charge in [0.1, 0.15) is 22.9 Å². The molecule has 126 valence electrons. The predicted molar refractivity (Wildman–Crippen MR) is 98.3 cm³/mol. The molecule has 2 unspecified atom stereocenters. The molecule has 2 atom stereocenters. The van der Waals surface area contributed by atoms with Gasteiger partial charge in [-0.05, 0) is 40.5 Å². The van der Waals surface area contributed by atoms with Gasteiger partial charge in [0.15, 0.2) is 5.65 Å². The van der Waals surface area contributed by atoms with Crippen molar-refractivity contribution >= 4 is 44.4 Å². The maximum Gasteiger partial charge on any atom is 0.164 e. The monoisotopic (exact) mass is 409 g/mol. The molecule has 0 spiro atoms. The zero-order valence-corrected chi connectivity index (χ0v) is 15.8. The molecule has 1 N–H and O–H groups in total. The largest absolute Gasteiger partial charge is 0.375 e. The van der Waals surface area contributed by atoms with E-state index in [2.05, 4.69) is 36.3 Å². The topological polar surface area (TPSA) is 64.9 Å². The Hall–Kier alpha value is -1.70. The summed E-state index contributed by atoms with van der Waals surface area (Å²) in [4.78, 5) is 8.64. The summed E-state index contributed by atoms with van der Waals surface area (Å²) in [6, 6.07) is 7.61. The second kappa shape index (κ2) is 7.04. The second-order valence-corrected chi connectivity index (χ2v) is 6.66. The van der Waals surface area contributed by atoms with Crippen molar-refractivity contribution in [3.05, 3.63) is 45.8 Å². The SMILES string of the molecule is COC(c1ccc(Cl)cc1)C(C)Nc1ncnc2c1c(Br)nn2C. The molecule has 0 aliphatic heterocycles. The van der Waals surface area contributed by atoms with E-state index in [9.17, 15) is 0 Å². The number of halogens is 2. The molecule has 3 aromatic rings. The van der Waals surface area contributed by atoms with Crippen molar-refractivity contribution < 1.29 is 4.74 Å². The van der Waals surface area contributed by atoms with Gasteiger partial charge in [-0.2, -0.15) is 5.10 Å². The summed E-state index contributed by atoms with van der Waals surface area (Å²) < 4.78 is 8.09. The molecular weight excluding hydrogens is 394 g/mol. The molecule has 0 aliphatic carbocycles. The highest BCUT2D eigenvalue weighted by molar-refractivity contribution is 9.10. The molecule has 0 fully saturated rings. The van der Waals surface area contributed by atoms with Crippen molar-refractivity contribution in [3.63, 3.8) is 0 Å². The number of fused-ring (bicyclic) bond motifs is 1. The summed E-state index contributed by atoms with van der Waals surface area (Å²) in [6.45, 7) is 2.04. The van der Waals surface area contributed by atoms with E-state index in [1.807, 2.05) is 38.2 Å². The molecule has 0 amide bonds. The summed E-state index contributed by atoms with van der Waals surface area (Å²) in [5.41, 5.74) is 1.80. The highest BCUT2D eigenvalue weighted by atomic mass is 79.9. The second-order valence-electron chi connectivity index (χ2n) is 5.48. The lowest BCUT2D eigenvalue weighted by molar-refractivity contribution is 0.0907. The first-order valence-electron chi connectivity index (χ1n) is 7.39. The zero-order valence-electron chi connectivity index (χ0n) is 13.5. The van der Waals surface area contributed by atoms with Gasteiger partial charge in [0, 0.05) is 19.2 Å². The summed E-state index contributed by atoms with van der Waals surface area (Å²) >= 11 is 9.43. The van der Waals surface area contributed by atoms with Gasteiger partial charge in [-0.25, -0.2) is 14.6 Å². The van der Waals surface area contributed by atoms with Crippen molar-refractivity contribution in [1.82, 2.24) is 19.7 Å². The third-order valence-corrected chi connectivity index (χ3v) is 4.66. The summed E-state index contributed by atoms with van der Waals surface area (Å²) in [6.07, 6.45) is 1.37. The molecule has 1 aromatic carbocycles. The Morgan fingerprint density at radius 2 is 1.96 bits per heavy atom. The van der Waals surface area contributed by atoms with Crippen molar-refractivity contribution in [3.8, 4) is 0 Å². The Balaban J connectivity index is 1.91. The Labute approximate surface area is 153 Å². The summed E-state index contributed by atoms with van der Waals surface area (Å²) in [5.74, 6) is 0.712. The van der Waals surface area contributed by atoms with Crippen LogP contribution < -0.4 is 5.32 Å². The van der Waals surface area contributed by atoms with Crippen molar-refractivity contribution in [2.45, 2.75) is 19.1 Å². The Kier molecular flexibility index (Phi) is 5.03. The number of hydrogen-bond donors (Lipinski definition) is 1. The number of aryl methyl sites for hydroxylation is 1. The maximum absolute atomic E-state index is 5.97. The van der Waals surface area contributed by atoms with Crippen LogP contribution in [0.5, 0.6) is 0 Å². The van der Waals surface area contributed by atoms with Gasteiger partial charge >= 0.3 is 0 Å². The smallest absolute Gasteiger partial charge is 0.164 e. The fourth-order valence-corrected chi connectivity index (χ4v) is 3.45. The average molecular weight is 411 g/mol. The first-order chi connectivity index (χ1) is 11.5. The third-order valence-electron chi connectivity index (χ3n) is 3.85. The molecule has 3 rings (SSSR count). The number of methoxy groups -OCH3 is 1. The number of ether oxygens (including phenoxy) is 1. The molecule has 2 aromatic heterocycles. The zero-order chi connectivity index (χ0) is 17.3. The fraction of sp³-hybridized carbons (Fsp3) is 0.312. The standard InChI is InChI=1S/C16H17BrClN5O/c1-9(13(24-3)10-4-6-11(18)7-5-10)21-15-12-14(17)22-23(2)16(12)20-8-19-15/h4-9,13H,1-3H3,(H,19,20,21). The van der Waals surface area contributed by atoms with Crippen LogP contribution in [0, 0.1) is 0 Å². The van der Waals surface area contributed by atoms with Crippen molar-refractivity contribution in [1.29, 1.82) is 0 Å². The van der Waals surface area contributed by atoms with Crippen LogP contribution in [-0.4, -0.2) is 32.9 Å². The predicted octanol–water partition coefficient (Wildman–Crippen LogP) is 3.97. The van der Waals surface area contributed by atoms with E-state index in [-0.39, 0.29) is 12.1 Å². The minimum atomic E-state index is -0.150. The van der Waals surface area contributed by atoms with Gasteiger partial charge in [-0.15, -0.1) is 0 Å². The maximum atomic E-state index is 5.97. The molecule has 6 nitrogen and oxygen atoms in total. The van der Waals surface area contributed by atoms with Gasteiger partial charge in [0.25, 0.3) is 0 Å². The number of rotatable bonds is 5. The number of benzene rings is 1. The van der Waals surface area contributed by atoms with Crippen LogP contribution >= 0.6 is 27.5 Å². The quantitative estimate of drug-likeness (QED) is 0.689. The van der Waals surface area contributed by atoms with E-state index in [1.54, 1.807) is 11.8 Å². The first-order valence-corrected chi connectivity index (χ1v) is 8.56. The molecule has 2 heterocycles. The number of aromatic nitrogens is 4. The number of hydrogen-bond acceptors (Lipinski definition) is 5. The Morgan fingerprint density at radius 3 is 2.62 bits per heavy atom. The molecule has 8 heteroatoms. The van der Waals surface area contributed by atoms with Crippen LogP contribution in [0.25, 0.3) is 11.0 Å². The van der Waals surface area contributed by atoms with E-state index in [4.69, 9.17) is 16.3 Å². The number of nitrogens with zero attached hydrogens (tertiary/aromatic N) is 4. The van der Waals surface area contributed by atoms with E-state index in [1.165, 1.54) is 6.33 Å². The van der Waals surface area contributed by atoms with Crippen LogP contribution in [0.15, 0.2) is 35.2 Å². The normalized spacial score (nSPS) is 13.9. The van der Waals surface area contributed by atoms with Crippen LogP contribution in [0.3, 0.4) is 0 Å². The third kappa shape index (κ3) is 3.24. The van der Waals surface area contributed by atoms with Gasteiger partial charge in [-0.1, -0.05) is 23.7 Å². The molecule has 0 bridgehead atoms. The minimum absolute atomic E-state index is 0.0265. The fourth-order valence-electron chi connectivity index (χ4n) is 2.72. The van der Waals surface area contributed by atoms with Crippen LogP contribution in [-0.2, 0) is 11.8 Å². The molecule has 0 radical (unpaired) electrons. The first kappa shape index (κ1) is 17.1. The van der Waals surface area contributed by atoms with Gasteiger partial charge < -0.3 is 10.1 Å². The lowest BCUT2D eigenvalue weighted by Crippen LogP contribution is -2.26. The average Bonchev–Trinajstić information content (AvgIpc) is 2.85. The Bertz CT molecular complexity index is 852. The lowest BCUT2D eigenvalue weighted by Gasteiger charge is -2.24. The number of anilines is 1. The molecule has 0 aliphatic rings. The minimum Gasteiger partial charge on any atom is -0.375 e. The summed E-state index contributed by atoms with van der Waals surface area (Å²) in [7, 11) is 3.53. The molecule has 0 saturated carbocycles. The summed E-state index contributed by atoms with van der Waals surface area (Å²) in [5, 5.41) is 9.29. The molecular formula is C16H17BrClN5O. The van der Waals surface area contributed by atoms with E-state index < -0.39 is 0 Å². The number of nitrogens with one attached hydrogen (secondary N) is 1. The van der Waals surface area contributed by atoms with E-state index in [0.29, 0.717) is 15.4 Å². The van der Waals surface area contributed by atoms with Crippen molar-refractivity contribution in [2.75, 3.05) is 12.4 Å². The van der Waals surface area contributed by atoms with Crippen molar-refractivity contribution in [2.24, 2.45) is 7.05 Å². The molecule has 24 heavy (non-hydrogen) atoms. The Morgan fingerprint density at radius 1 is 1.25 bits per heavy atom. The van der Waals surface area contributed by atoms with Gasteiger partial charge in [0.2, 0.25) is 0 Å². The lowest BCUT2D eigenvalue weighted by atomic mass is 10.0. The van der Waals surface area contributed by atoms with Gasteiger partial charge in [-0.3, -0.25) is 0 Å². The van der Waals surface area contributed by atoms with Crippen LogP contribution in [0.1, 0.15) is 18.6 Å². The highest BCUT2D eigenvalue weighted by Crippen LogP contribution is 2.30. The van der Waals surface area contributed by atoms with Crippen LogP contribution in [0.2, 0.25) is 5.02 Å².